The van der Waals surface area contributed by atoms with E-state index in [4.69, 9.17) is 14.2 Å². The molecule has 0 bridgehead atoms. The number of aryl methyl sites for hydroxylation is 1. The first kappa shape index (κ1) is 24.9. The van der Waals surface area contributed by atoms with E-state index in [1.54, 1.807) is 24.3 Å². The number of hydrogen-bond acceptors (Lipinski definition) is 6. The van der Waals surface area contributed by atoms with Crippen LogP contribution >= 0.6 is 0 Å². The fourth-order valence-corrected chi connectivity index (χ4v) is 4.48. The number of aliphatic hydroxyl groups is 1. The molecule has 1 saturated heterocycles. The standard InChI is InChI=1S/C29H29NO6/c1-18-10-12-20(13-11-18)26(31)24-25(21-16-22(34-2)28(36-4)23(17-21)35-3)30(29(33)27(24)32)15-14-19-8-6-5-7-9-19/h5-13,16-17,25,31H,14-15H2,1-4H3. The largest absolute Gasteiger partial charge is 0.507 e. The van der Waals surface area contributed by atoms with Crippen LogP contribution in [-0.4, -0.2) is 49.6 Å². The fraction of sp³-hybridized carbons (Fsp3) is 0.241. The van der Waals surface area contributed by atoms with E-state index < -0.39 is 17.7 Å². The molecule has 4 rings (SSSR count). The molecular weight excluding hydrogens is 458 g/mol. The molecule has 1 aliphatic rings. The number of rotatable bonds is 8. The highest BCUT2D eigenvalue weighted by molar-refractivity contribution is 6.46. The van der Waals surface area contributed by atoms with Gasteiger partial charge in [0.15, 0.2) is 11.5 Å². The van der Waals surface area contributed by atoms with Crippen LogP contribution < -0.4 is 14.2 Å². The van der Waals surface area contributed by atoms with E-state index in [1.807, 2.05) is 49.4 Å². The van der Waals surface area contributed by atoms with E-state index in [2.05, 4.69) is 0 Å². The average molecular weight is 488 g/mol. The van der Waals surface area contributed by atoms with Crippen LogP contribution in [0.1, 0.15) is 28.3 Å². The number of hydrogen-bond donors (Lipinski definition) is 1. The van der Waals surface area contributed by atoms with Crippen LogP contribution in [-0.2, 0) is 16.0 Å². The second kappa shape index (κ2) is 10.6. The number of methoxy groups -OCH3 is 3. The van der Waals surface area contributed by atoms with E-state index >= 15 is 0 Å². The van der Waals surface area contributed by atoms with Gasteiger partial charge >= 0.3 is 0 Å². The summed E-state index contributed by atoms with van der Waals surface area (Å²) in [5.74, 6) is -0.470. The maximum absolute atomic E-state index is 13.3. The SMILES string of the molecule is COc1cc(C2C(=C(O)c3ccc(C)cc3)C(=O)C(=O)N2CCc2ccccc2)cc(OC)c1OC. The van der Waals surface area contributed by atoms with Crippen molar-refractivity contribution < 1.29 is 28.9 Å². The molecule has 1 unspecified atom stereocenters. The maximum Gasteiger partial charge on any atom is 0.295 e. The lowest BCUT2D eigenvalue weighted by molar-refractivity contribution is -0.139. The zero-order valence-corrected chi connectivity index (χ0v) is 20.8. The first-order valence-corrected chi connectivity index (χ1v) is 11.6. The third-order valence-corrected chi connectivity index (χ3v) is 6.35. The molecule has 1 fully saturated rings. The zero-order chi connectivity index (χ0) is 25.8. The predicted octanol–water partition coefficient (Wildman–Crippen LogP) is 4.69. The highest BCUT2D eigenvalue weighted by Crippen LogP contribution is 2.45. The molecular formula is C29H29NO6. The average Bonchev–Trinajstić information content (AvgIpc) is 3.16. The summed E-state index contributed by atoms with van der Waals surface area (Å²) in [6.07, 6.45) is 0.541. The van der Waals surface area contributed by atoms with Gasteiger partial charge in [-0.2, -0.15) is 0 Å². The van der Waals surface area contributed by atoms with Gasteiger partial charge in [-0.3, -0.25) is 9.59 Å². The van der Waals surface area contributed by atoms with Crippen molar-refractivity contribution in [3.63, 3.8) is 0 Å². The van der Waals surface area contributed by atoms with E-state index in [-0.39, 0.29) is 17.9 Å². The normalized spacial score (nSPS) is 16.8. The molecule has 1 atom stereocenters. The Bertz CT molecular complexity index is 1270. The smallest absolute Gasteiger partial charge is 0.295 e. The summed E-state index contributed by atoms with van der Waals surface area (Å²) >= 11 is 0. The van der Waals surface area contributed by atoms with E-state index in [9.17, 15) is 14.7 Å². The third-order valence-electron chi connectivity index (χ3n) is 6.35. The number of nitrogens with zero attached hydrogens (tertiary/aromatic N) is 1. The summed E-state index contributed by atoms with van der Waals surface area (Å²) in [5, 5.41) is 11.3. The zero-order valence-electron chi connectivity index (χ0n) is 20.8. The monoisotopic (exact) mass is 487 g/mol. The van der Waals surface area contributed by atoms with Gasteiger partial charge in [0.25, 0.3) is 11.7 Å². The van der Waals surface area contributed by atoms with Gasteiger partial charge in [-0.1, -0.05) is 60.2 Å². The van der Waals surface area contributed by atoms with Gasteiger partial charge in [0, 0.05) is 12.1 Å². The van der Waals surface area contributed by atoms with Crippen molar-refractivity contribution in [2.45, 2.75) is 19.4 Å². The lowest BCUT2D eigenvalue weighted by atomic mass is 9.94. The van der Waals surface area contributed by atoms with Crippen molar-refractivity contribution in [1.29, 1.82) is 0 Å². The number of Topliss-reactive ketones (excluding diaryl/α,β-unsaturated/α-hetero) is 1. The van der Waals surface area contributed by atoms with Gasteiger partial charge in [0.2, 0.25) is 5.75 Å². The van der Waals surface area contributed by atoms with Crippen LogP contribution in [0, 0.1) is 6.92 Å². The number of carbonyl (C=O) groups excluding carboxylic acids is 2. The molecule has 0 aromatic heterocycles. The van der Waals surface area contributed by atoms with Crippen LogP contribution in [0.15, 0.2) is 72.3 Å². The van der Waals surface area contributed by atoms with Crippen LogP contribution in [0.2, 0.25) is 0 Å². The van der Waals surface area contributed by atoms with Crippen molar-refractivity contribution >= 4 is 17.4 Å². The summed E-state index contributed by atoms with van der Waals surface area (Å²) in [5.41, 5.74) is 3.08. The maximum atomic E-state index is 13.3. The van der Waals surface area contributed by atoms with Gasteiger partial charge in [-0.15, -0.1) is 0 Å². The highest BCUT2D eigenvalue weighted by atomic mass is 16.5. The molecule has 3 aromatic rings. The van der Waals surface area contributed by atoms with Crippen molar-refractivity contribution in [3.05, 3.63) is 94.6 Å². The Hall–Kier alpha value is -4.26. The summed E-state index contributed by atoms with van der Waals surface area (Å²) in [6, 6.07) is 19.4. The Morgan fingerprint density at radius 3 is 2.06 bits per heavy atom. The summed E-state index contributed by atoms with van der Waals surface area (Å²) in [7, 11) is 4.50. The summed E-state index contributed by atoms with van der Waals surface area (Å²) in [6.45, 7) is 2.21. The fourth-order valence-electron chi connectivity index (χ4n) is 4.48. The Kier molecular flexibility index (Phi) is 7.29. The van der Waals surface area contributed by atoms with Crippen molar-refractivity contribution in [2.24, 2.45) is 0 Å². The molecule has 1 amide bonds. The van der Waals surface area contributed by atoms with E-state index in [0.29, 0.717) is 34.8 Å². The summed E-state index contributed by atoms with van der Waals surface area (Å²) < 4.78 is 16.5. The molecule has 36 heavy (non-hydrogen) atoms. The number of likely N-dealkylation sites (tertiary alicyclic amines) is 1. The topological polar surface area (TPSA) is 85.3 Å². The molecule has 3 aromatic carbocycles. The first-order valence-electron chi connectivity index (χ1n) is 11.6. The van der Waals surface area contributed by atoms with Gasteiger partial charge < -0.3 is 24.2 Å². The number of aliphatic hydroxyl groups excluding tert-OH is 1. The minimum absolute atomic E-state index is 0.0196. The van der Waals surface area contributed by atoms with Crippen molar-refractivity contribution in [3.8, 4) is 17.2 Å². The van der Waals surface area contributed by atoms with Crippen molar-refractivity contribution in [1.82, 2.24) is 4.90 Å². The molecule has 0 saturated carbocycles. The molecule has 7 heteroatoms. The minimum Gasteiger partial charge on any atom is -0.507 e. The van der Waals surface area contributed by atoms with Gasteiger partial charge in [0.05, 0.1) is 32.9 Å². The second-order valence-corrected chi connectivity index (χ2v) is 8.55. The number of ether oxygens (including phenoxy) is 3. The molecule has 1 aliphatic heterocycles. The van der Waals surface area contributed by atoms with Gasteiger partial charge in [0.1, 0.15) is 5.76 Å². The molecule has 7 nitrogen and oxygen atoms in total. The van der Waals surface area contributed by atoms with Gasteiger partial charge in [-0.05, 0) is 36.6 Å². The Morgan fingerprint density at radius 2 is 1.50 bits per heavy atom. The number of carbonyl (C=O) groups is 2. The minimum atomic E-state index is -0.844. The predicted molar refractivity (Wildman–Crippen MR) is 136 cm³/mol. The van der Waals surface area contributed by atoms with Crippen molar-refractivity contribution in [2.75, 3.05) is 27.9 Å². The third kappa shape index (κ3) is 4.64. The molecule has 0 radical (unpaired) electrons. The quantitative estimate of drug-likeness (QED) is 0.282. The lowest BCUT2D eigenvalue weighted by Crippen LogP contribution is -2.31. The first-order chi connectivity index (χ1) is 17.4. The molecule has 0 spiro atoms. The molecule has 186 valence electrons. The highest BCUT2D eigenvalue weighted by Gasteiger charge is 2.46. The lowest BCUT2D eigenvalue weighted by Gasteiger charge is -2.26. The number of ketones is 1. The van der Waals surface area contributed by atoms with E-state index in [1.165, 1.54) is 26.2 Å². The molecule has 1 N–H and O–H groups in total. The number of amides is 1. The van der Waals surface area contributed by atoms with Crippen LogP contribution in [0.5, 0.6) is 17.2 Å². The Morgan fingerprint density at radius 1 is 0.889 bits per heavy atom. The Labute approximate surface area is 210 Å². The van der Waals surface area contributed by atoms with Crippen LogP contribution in [0.3, 0.4) is 0 Å². The van der Waals surface area contributed by atoms with Crippen LogP contribution in [0.4, 0.5) is 0 Å². The van der Waals surface area contributed by atoms with Gasteiger partial charge in [-0.25, -0.2) is 0 Å². The summed E-state index contributed by atoms with van der Waals surface area (Å²) in [4.78, 5) is 28.1. The second-order valence-electron chi connectivity index (χ2n) is 8.55. The molecule has 1 heterocycles. The Balaban J connectivity index is 1.88. The molecule has 0 aliphatic carbocycles. The van der Waals surface area contributed by atoms with Crippen LogP contribution in [0.25, 0.3) is 5.76 Å². The number of benzene rings is 3. The van der Waals surface area contributed by atoms with E-state index in [0.717, 1.165) is 11.1 Å².